The van der Waals surface area contributed by atoms with E-state index >= 15 is 0 Å². The number of halogens is 1. The van der Waals surface area contributed by atoms with Gasteiger partial charge in [-0.2, -0.15) is 5.26 Å². The predicted octanol–water partition coefficient (Wildman–Crippen LogP) is 3.67. The van der Waals surface area contributed by atoms with Gasteiger partial charge in [-0.05, 0) is 48.0 Å². The van der Waals surface area contributed by atoms with Crippen molar-refractivity contribution in [2.75, 3.05) is 12.4 Å². The quantitative estimate of drug-likeness (QED) is 0.523. The molecule has 0 saturated carbocycles. The van der Waals surface area contributed by atoms with Crippen molar-refractivity contribution in [3.05, 3.63) is 70.3 Å². The molecule has 6 heteroatoms. The maximum atomic E-state index is 12.2. The van der Waals surface area contributed by atoms with E-state index in [1.807, 2.05) is 0 Å². The third-order valence-electron chi connectivity index (χ3n) is 3.09. The van der Waals surface area contributed by atoms with Crippen LogP contribution in [0, 0.1) is 11.3 Å². The number of carbonyl (C=O) groups is 2. The molecule has 5 nitrogen and oxygen atoms in total. The smallest absolute Gasteiger partial charge is 0.348 e. The van der Waals surface area contributed by atoms with Crippen LogP contribution < -0.4 is 5.32 Å². The Morgan fingerprint density at radius 3 is 2.54 bits per heavy atom. The normalized spacial score (nSPS) is 10.6. The lowest BCUT2D eigenvalue weighted by atomic mass is 10.1. The number of amides is 1. The molecule has 120 valence electrons. The molecule has 24 heavy (non-hydrogen) atoms. The molecule has 0 saturated heterocycles. The van der Waals surface area contributed by atoms with Gasteiger partial charge in [0.25, 0.3) is 5.91 Å². The van der Waals surface area contributed by atoms with Crippen molar-refractivity contribution in [2.45, 2.75) is 0 Å². The number of esters is 1. The molecule has 2 aromatic carbocycles. The van der Waals surface area contributed by atoms with Crippen LogP contribution in [0.1, 0.15) is 15.9 Å². The Hall–Kier alpha value is -3.10. The van der Waals surface area contributed by atoms with Gasteiger partial charge in [-0.15, -0.1) is 0 Å². The molecule has 0 unspecified atom stereocenters. The van der Waals surface area contributed by atoms with E-state index in [1.165, 1.54) is 13.2 Å². The fourth-order valence-electron chi connectivity index (χ4n) is 1.92. The van der Waals surface area contributed by atoms with E-state index in [4.69, 9.17) is 16.9 Å². The summed E-state index contributed by atoms with van der Waals surface area (Å²) < 4.78 is 4.53. The third-order valence-corrected chi connectivity index (χ3v) is 3.34. The zero-order valence-corrected chi connectivity index (χ0v) is 13.5. The van der Waals surface area contributed by atoms with Crippen LogP contribution in [0.2, 0.25) is 5.02 Å². The number of anilines is 1. The minimum absolute atomic E-state index is 0.126. The zero-order chi connectivity index (χ0) is 17.5. The van der Waals surface area contributed by atoms with Crippen LogP contribution in [-0.4, -0.2) is 19.0 Å². The first-order chi connectivity index (χ1) is 11.5. The Balaban J connectivity index is 2.20. The average molecular weight is 341 g/mol. The minimum atomic E-state index is -0.715. The highest BCUT2D eigenvalue weighted by molar-refractivity contribution is 6.30. The molecule has 2 rings (SSSR count). The van der Waals surface area contributed by atoms with Gasteiger partial charge in [0.05, 0.1) is 7.11 Å². The summed E-state index contributed by atoms with van der Waals surface area (Å²) in [5, 5.41) is 12.3. The largest absolute Gasteiger partial charge is 0.465 e. The van der Waals surface area contributed by atoms with Crippen molar-refractivity contribution >= 4 is 35.2 Å². The third kappa shape index (κ3) is 4.45. The van der Waals surface area contributed by atoms with Crippen LogP contribution in [0.4, 0.5) is 5.69 Å². The maximum absolute atomic E-state index is 12.2. The SMILES string of the molecule is COC(=O)/C(C#N)=C/c1cccc(NC(=O)c2ccc(Cl)cc2)c1. The van der Waals surface area contributed by atoms with Gasteiger partial charge in [0.15, 0.2) is 0 Å². The van der Waals surface area contributed by atoms with Crippen molar-refractivity contribution in [3.8, 4) is 6.07 Å². The Morgan fingerprint density at radius 2 is 1.92 bits per heavy atom. The van der Waals surface area contributed by atoms with Crippen LogP contribution in [-0.2, 0) is 9.53 Å². The van der Waals surface area contributed by atoms with Crippen molar-refractivity contribution < 1.29 is 14.3 Å². The van der Waals surface area contributed by atoms with Gasteiger partial charge < -0.3 is 10.1 Å². The molecule has 0 aliphatic rings. The van der Waals surface area contributed by atoms with Crippen molar-refractivity contribution in [3.63, 3.8) is 0 Å². The lowest BCUT2D eigenvalue weighted by molar-refractivity contribution is -0.135. The van der Waals surface area contributed by atoms with Gasteiger partial charge in [0.2, 0.25) is 0 Å². The molecule has 2 aromatic rings. The molecule has 0 atom stereocenters. The standard InChI is InChI=1S/C18H13ClN2O3/c1-24-18(23)14(11-20)9-12-3-2-4-16(10-12)21-17(22)13-5-7-15(19)8-6-13/h2-10H,1H3,(H,21,22)/b14-9+. The summed E-state index contributed by atoms with van der Waals surface area (Å²) in [7, 11) is 1.20. The molecule has 1 N–H and O–H groups in total. The number of benzene rings is 2. The second kappa shape index (κ2) is 7.95. The second-order valence-electron chi connectivity index (χ2n) is 4.75. The van der Waals surface area contributed by atoms with Crippen LogP contribution >= 0.6 is 11.6 Å². The summed E-state index contributed by atoms with van der Waals surface area (Å²) in [6, 6.07) is 15.0. The summed E-state index contributed by atoms with van der Waals surface area (Å²) in [6.07, 6.45) is 1.39. The molecule has 0 aliphatic carbocycles. The number of nitrogens with zero attached hydrogens (tertiary/aromatic N) is 1. The van der Waals surface area contributed by atoms with E-state index in [9.17, 15) is 9.59 Å². The first-order valence-electron chi connectivity index (χ1n) is 6.90. The summed E-state index contributed by atoms with van der Waals surface area (Å²) >= 11 is 5.79. The van der Waals surface area contributed by atoms with Gasteiger partial charge in [0.1, 0.15) is 11.6 Å². The summed E-state index contributed by atoms with van der Waals surface area (Å²) in [5.74, 6) is -1.01. The van der Waals surface area contributed by atoms with Crippen LogP contribution in [0.5, 0.6) is 0 Å². The number of nitriles is 1. The number of hydrogen-bond acceptors (Lipinski definition) is 4. The Kier molecular flexibility index (Phi) is 5.72. The van der Waals surface area contributed by atoms with Crippen LogP contribution in [0.25, 0.3) is 6.08 Å². The predicted molar refractivity (Wildman–Crippen MR) is 91.5 cm³/mol. The first kappa shape index (κ1) is 17.3. The highest BCUT2D eigenvalue weighted by atomic mass is 35.5. The van der Waals surface area contributed by atoms with Crippen LogP contribution in [0.15, 0.2) is 54.1 Å². The first-order valence-corrected chi connectivity index (χ1v) is 7.28. The molecule has 0 radical (unpaired) electrons. The molecule has 0 aliphatic heterocycles. The second-order valence-corrected chi connectivity index (χ2v) is 5.18. The molecule has 0 fully saturated rings. The van der Waals surface area contributed by atoms with E-state index in [1.54, 1.807) is 54.6 Å². The molecule has 1 amide bonds. The topological polar surface area (TPSA) is 79.2 Å². The zero-order valence-electron chi connectivity index (χ0n) is 12.7. The Morgan fingerprint density at radius 1 is 1.21 bits per heavy atom. The van der Waals surface area contributed by atoms with Gasteiger partial charge in [-0.25, -0.2) is 4.79 Å². The number of carbonyl (C=O) groups excluding carboxylic acids is 2. The van der Waals surface area contributed by atoms with Crippen molar-refractivity contribution in [2.24, 2.45) is 0 Å². The van der Waals surface area contributed by atoms with E-state index in [0.29, 0.717) is 21.8 Å². The number of nitrogens with one attached hydrogen (secondary N) is 1. The monoisotopic (exact) mass is 340 g/mol. The number of rotatable bonds is 4. The molecule has 0 heterocycles. The minimum Gasteiger partial charge on any atom is -0.465 e. The van der Waals surface area contributed by atoms with E-state index < -0.39 is 5.97 Å². The van der Waals surface area contributed by atoms with Crippen molar-refractivity contribution in [1.82, 2.24) is 0 Å². The van der Waals surface area contributed by atoms with Gasteiger partial charge in [-0.1, -0.05) is 23.7 Å². The number of methoxy groups -OCH3 is 1. The Bertz CT molecular complexity index is 836. The van der Waals surface area contributed by atoms with Gasteiger partial charge in [0, 0.05) is 16.3 Å². The summed E-state index contributed by atoms with van der Waals surface area (Å²) in [5.41, 5.74) is 1.46. The van der Waals surface area contributed by atoms with Crippen LogP contribution in [0.3, 0.4) is 0 Å². The molecular formula is C18H13ClN2O3. The summed E-state index contributed by atoms with van der Waals surface area (Å²) in [6.45, 7) is 0. The highest BCUT2D eigenvalue weighted by Crippen LogP contribution is 2.16. The molecular weight excluding hydrogens is 328 g/mol. The number of ether oxygens (including phenoxy) is 1. The summed E-state index contributed by atoms with van der Waals surface area (Å²) in [4.78, 5) is 23.6. The molecule has 0 bridgehead atoms. The lowest BCUT2D eigenvalue weighted by Crippen LogP contribution is -2.11. The van der Waals surface area contributed by atoms with E-state index in [2.05, 4.69) is 10.1 Å². The number of hydrogen-bond donors (Lipinski definition) is 1. The van der Waals surface area contributed by atoms with Gasteiger partial charge in [-0.3, -0.25) is 4.79 Å². The lowest BCUT2D eigenvalue weighted by Gasteiger charge is -2.06. The maximum Gasteiger partial charge on any atom is 0.348 e. The fraction of sp³-hybridized carbons (Fsp3) is 0.0556. The van der Waals surface area contributed by atoms with E-state index in [-0.39, 0.29) is 11.5 Å². The average Bonchev–Trinajstić information content (AvgIpc) is 2.59. The fourth-order valence-corrected chi connectivity index (χ4v) is 2.05. The van der Waals surface area contributed by atoms with Crippen molar-refractivity contribution in [1.29, 1.82) is 5.26 Å². The molecule has 0 aromatic heterocycles. The highest BCUT2D eigenvalue weighted by Gasteiger charge is 2.09. The Labute approximate surface area is 144 Å². The van der Waals surface area contributed by atoms with Gasteiger partial charge >= 0.3 is 5.97 Å². The molecule has 0 spiro atoms. The van der Waals surface area contributed by atoms with E-state index in [0.717, 1.165) is 0 Å².